The second-order valence-corrected chi connectivity index (χ2v) is 22.7. The largest absolute Gasteiger partial charge is 0.462 e. The van der Waals surface area contributed by atoms with Gasteiger partial charge < -0.3 is 14.2 Å². The van der Waals surface area contributed by atoms with Crippen LogP contribution in [0.5, 0.6) is 0 Å². The molecule has 0 aliphatic heterocycles. The SMILES string of the molecule is CCCCCC/C=C\C/C=C\CCCCCCCCCC(=O)OC(COC(=O)CCCCCCCC)COC(=O)CCCCCCCCCCCCCCCCCCCCCCC/C=C\CCCCCCCCCC. The Balaban J connectivity index is 3.93. The lowest BCUT2D eigenvalue weighted by Gasteiger charge is -2.18. The molecule has 0 aromatic heterocycles. The molecule has 0 spiro atoms. The predicted octanol–water partition coefficient (Wildman–Crippen LogP) is 22.8. The molecular formula is C69H128O6. The van der Waals surface area contributed by atoms with Gasteiger partial charge in [-0.25, -0.2) is 0 Å². The highest BCUT2D eigenvalue weighted by Crippen LogP contribution is 2.18. The first-order valence-electron chi connectivity index (χ1n) is 33.5. The Morgan fingerprint density at radius 1 is 0.267 bits per heavy atom. The normalized spacial score (nSPS) is 12.2. The van der Waals surface area contributed by atoms with Gasteiger partial charge in [-0.3, -0.25) is 14.4 Å². The van der Waals surface area contributed by atoms with Crippen molar-refractivity contribution in [2.75, 3.05) is 13.2 Å². The van der Waals surface area contributed by atoms with Gasteiger partial charge in [-0.1, -0.05) is 308 Å². The van der Waals surface area contributed by atoms with Crippen LogP contribution < -0.4 is 0 Å². The van der Waals surface area contributed by atoms with Gasteiger partial charge in [-0.05, 0) is 77.0 Å². The number of carbonyl (C=O) groups excluding carboxylic acids is 3. The number of hydrogen-bond donors (Lipinski definition) is 0. The summed E-state index contributed by atoms with van der Waals surface area (Å²) in [7, 11) is 0. The van der Waals surface area contributed by atoms with E-state index in [1.807, 2.05) is 0 Å². The van der Waals surface area contributed by atoms with Gasteiger partial charge in [-0.2, -0.15) is 0 Å². The lowest BCUT2D eigenvalue weighted by Crippen LogP contribution is -2.30. The van der Waals surface area contributed by atoms with Crippen LogP contribution >= 0.6 is 0 Å². The topological polar surface area (TPSA) is 78.9 Å². The molecule has 6 heteroatoms. The molecule has 1 atom stereocenters. The van der Waals surface area contributed by atoms with E-state index in [1.165, 1.54) is 257 Å². The zero-order valence-electron chi connectivity index (χ0n) is 50.6. The molecule has 0 fully saturated rings. The minimum atomic E-state index is -0.771. The summed E-state index contributed by atoms with van der Waals surface area (Å²) >= 11 is 0. The first-order chi connectivity index (χ1) is 37.0. The summed E-state index contributed by atoms with van der Waals surface area (Å²) in [5, 5.41) is 0. The highest BCUT2D eigenvalue weighted by Gasteiger charge is 2.19. The van der Waals surface area contributed by atoms with Crippen molar-refractivity contribution in [1.29, 1.82) is 0 Å². The van der Waals surface area contributed by atoms with E-state index in [2.05, 4.69) is 57.2 Å². The van der Waals surface area contributed by atoms with Crippen LogP contribution in [-0.2, 0) is 28.6 Å². The fourth-order valence-corrected chi connectivity index (χ4v) is 10.1. The Morgan fingerprint density at radius 2 is 0.480 bits per heavy atom. The molecule has 0 aliphatic carbocycles. The van der Waals surface area contributed by atoms with Crippen LogP contribution in [-0.4, -0.2) is 37.2 Å². The van der Waals surface area contributed by atoms with Gasteiger partial charge in [0.2, 0.25) is 0 Å². The Kier molecular flexibility index (Phi) is 62.1. The fraction of sp³-hybridized carbons (Fsp3) is 0.870. The number of allylic oxidation sites excluding steroid dienone is 6. The molecule has 6 nitrogen and oxygen atoms in total. The number of ether oxygens (including phenoxy) is 3. The Hall–Kier alpha value is -2.37. The summed E-state index contributed by atoms with van der Waals surface area (Å²) in [6, 6.07) is 0. The van der Waals surface area contributed by atoms with Crippen LogP contribution in [0.2, 0.25) is 0 Å². The van der Waals surface area contributed by atoms with E-state index >= 15 is 0 Å². The van der Waals surface area contributed by atoms with Gasteiger partial charge in [0.1, 0.15) is 13.2 Å². The lowest BCUT2D eigenvalue weighted by atomic mass is 10.0. The van der Waals surface area contributed by atoms with Gasteiger partial charge >= 0.3 is 17.9 Å². The smallest absolute Gasteiger partial charge is 0.306 e. The van der Waals surface area contributed by atoms with Crippen molar-refractivity contribution in [3.63, 3.8) is 0 Å². The number of hydrogen-bond acceptors (Lipinski definition) is 6. The number of esters is 3. The molecule has 0 aromatic carbocycles. The number of carbonyl (C=O) groups is 3. The average molecular weight is 1050 g/mol. The van der Waals surface area contributed by atoms with Crippen molar-refractivity contribution in [1.82, 2.24) is 0 Å². The van der Waals surface area contributed by atoms with E-state index in [9.17, 15) is 14.4 Å². The quantitative estimate of drug-likeness (QED) is 0.0261. The first-order valence-corrected chi connectivity index (χ1v) is 33.5. The van der Waals surface area contributed by atoms with Gasteiger partial charge in [0.25, 0.3) is 0 Å². The first kappa shape index (κ1) is 72.6. The third-order valence-electron chi connectivity index (χ3n) is 15.1. The van der Waals surface area contributed by atoms with Crippen molar-refractivity contribution in [2.45, 2.75) is 374 Å². The van der Waals surface area contributed by atoms with Gasteiger partial charge in [0.15, 0.2) is 6.10 Å². The molecule has 0 N–H and O–H groups in total. The summed E-state index contributed by atoms with van der Waals surface area (Å²) in [4.78, 5) is 38.0. The summed E-state index contributed by atoms with van der Waals surface area (Å²) < 4.78 is 16.8. The molecule has 0 heterocycles. The lowest BCUT2D eigenvalue weighted by molar-refractivity contribution is -0.167. The summed E-state index contributed by atoms with van der Waals surface area (Å²) in [6.07, 6.45) is 79.3. The maximum atomic E-state index is 12.8. The van der Waals surface area contributed by atoms with Crippen LogP contribution in [0.25, 0.3) is 0 Å². The average Bonchev–Trinajstić information content (AvgIpc) is 3.41. The number of unbranched alkanes of at least 4 members (excludes halogenated alkanes) is 45. The van der Waals surface area contributed by atoms with Crippen molar-refractivity contribution < 1.29 is 28.6 Å². The van der Waals surface area contributed by atoms with Crippen LogP contribution in [0.15, 0.2) is 36.5 Å². The third-order valence-corrected chi connectivity index (χ3v) is 15.1. The molecular weight excluding hydrogens is 925 g/mol. The molecule has 0 rings (SSSR count). The summed E-state index contributed by atoms with van der Waals surface area (Å²) in [5.74, 6) is -0.869. The van der Waals surface area contributed by atoms with Crippen LogP contribution in [0.4, 0.5) is 0 Å². The summed E-state index contributed by atoms with van der Waals surface area (Å²) in [5.41, 5.74) is 0. The molecule has 0 aliphatic rings. The Labute approximate surface area is 467 Å². The van der Waals surface area contributed by atoms with E-state index in [1.54, 1.807) is 0 Å². The second kappa shape index (κ2) is 64.2. The Bertz CT molecular complexity index is 1250. The van der Waals surface area contributed by atoms with Crippen molar-refractivity contribution in [3.05, 3.63) is 36.5 Å². The van der Waals surface area contributed by atoms with E-state index in [-0.39, 0.29) is 31.1 Å². The van der Waals surface area contributed by atoms with E-state index in [4.69, 9.17) is 14.2 Å². The zero-order chi connectivity index (χ0) is 54.3. The maximum absolute atomic E-state index is 12.8. The maximum Gasteiger partial charge on any atom is 0.306 e. The molecule has 0 saturated heterocycles. The molecule has 440 valence electrons. The molecule has 0 radical (unpaired) electrons. The van der Waals surface area contributed by atoms with Gasteiger partial charge in [0.05, 0.1) is 0 Å². The van der Waals surface area contributed by atoms with Crippen molar-refractivity contribution in [2.24, 2.45) is 0 Å². The van der Waals surface area contributed by atoms with E-state index < -0.39 is 6.10 Å². The van der Waals surface area contributed by atoms with Crippen LogP contribution in [0.3, 0.4) is 0 Å². The monoisotopic (exact) mass is 1050 g/mol. The molecule has 1 unspecified atom stereocenters. The molecule has 75 heavy (non-hydrogen) atoms. The van der Waals surface area contributed by atoms with Crippen LogP contribution in [0, 0.1) is 0 Å². The third kappa shape index (κ3) is 62.4. The molecule has 0 amide bonds. The van der Waals surface area contributed by atoms with Crippen molar-refractivity contribution in [3.8, 4) is 0 Å². The zero-order valence-corrected chi connectivity index (χ0v) is 50.6. The number of rotatable bonds is 62. The predicted molar refractivity (Wildman–Crippen MR) is 326 cm³/mol. The highest BCUT2D eigenvalue weighted by molar-refractivity contribution is 5.71. The second-order valence-electron chi connectivity index (χ2n) is 22.7. The highest BCUT2D eigenvalue weighted by atomic mass is 16.6. The fourth-order valence-electron chi connectivity index (χ4n) is 10.1. The van der Waals surface area contributed by atoms with Gasteiger partial charge in [-0.15, -0.1) is 0 Å². The minimum Gasteiger partial charge on any atom is -0.462 e. The van der Waals surface area contributed by atoms with Crippen LogP contribution in [0.1, 0.15) is 367 Å². The summed E-state index contributed by atoms with van der Waals surface area (Å²) in [6.45, 7) is 6.61. The minimum absolute atomic E-state index is 0.0712. The van der Waals surface area contributed by atoms with Crippen molar-refractivity contribution >= 4 is 17.9 Å². The Morgan fingerprint density at radius 3 is 0.760 bits per heavy atom. The van der Waals surface area contributed by atoms with Gasteiger partial charge in [0, 0.05) is 19.3 Å². The standard InChI is InChI=1S/C69H128O6/c1-4-7-10-13-16-18-20-22-24-26-28-29-30-31-32-33-34-35-36-37-38-39-40-41-42-44-45-47-49-51-53-56-59-62-68(71)74-65-66(64-73-67(70)61-58-55-15-12-9-6-3)75-69(72)63-60-57-54-52-50-48-46-43-27-25-23-21-19-17-14-11-8-5-2/h19,21,25-28,66H,4-18,20,22-24,29-65H2,1-3H3/b21-19-,27-25-,28-26-. The van der Waals surface area contributed by atoms with E-state index in [0.29, 0.717) is 19.3 Å². The van der Waals surface area contributed by atoms with E-state index in [0.717, 1.165) is 70.6 Å². The molecule has 0 bridgehead atoms. The molecule has 0 saturated carbocycles. The molecule has 0 aromatic rings.